The SMILES string of the molecule is COC(=O)[C@H](Cc1ccc(O)cc1)NC=O. The monoisotopic (exact) mass is 223 g/mol. The molecule has 0 aromatic heterocycles. The lowest BCUT2D eigenvalue weighted by Gasteiger charge is -2.13. The number of phenols is 1. The van der Waals surface area contributed by atoms with Crippen molar-refractivity contribution in [2.75, 3.05) is 7.11 Å². The van der Waals surface area contributed by atoms with Crippen molar-refractivity contribution in [1.29, 1.82) is 0 Å². The fraction of sp³-hybridized carbons (Fsp3) is 0.273. The van der Waals surface area contributed by atoms with Gasteiger partial charge in [-0.3, -0.25) is 4.79 Å². The Labute approximate surface area is 93.0 Å². The lowest BCUT2D eigenvalue weighted by molar-refractivity contribution is -0.144. The fourth-order valence-electron chi connectivity index (χ4n) is 1.30. The molecule has 0 saturated heterocycles. The minimum absolute atomic E-state index is 0.154. The van der Waals surface area contributed by atoms with Crippen LogP contribution in [-0.4, -0.2) is 30.6 Å². The summed E-state index contributed by atoms with van der Waals surface area (Å²) >= 11 is 0. The normalized spacial score (nSPS) is 11.6. The molecule has 0 spiro atoms. The molecule has 0 aliphatic rings. The molecule has 0 fully saturated rings. The first-order valence-electron chi connectivity index (χ1n) is 4.72. The highest BCUT2D eigenvalue weighted by atomic mass is 16.5. The van der Waals surface area contributed by atoms with Gasteiger partial charge in [0.1, 0.15) is 11.8 Å². The molecule has 1 atom stereocenters. The molecule has 0 saturated carbocycles. The molecular formula is C11H13NO4. The first kappa shape index (κ1) is 12.0. The highest BCUT2D eigenvalue weighted by molar-refractivity contribution is 5.78. The van der Waals surface area contributed by atoms with Crippen molar-refractivity contribution in [2.24, 2.45) is 0 Å². The summed E-state index contributed by atoms with van der Waals surface area (Å²) in [5.41, 5.74) is 0.822. The zero-order chi connectivity index (χ0) is 12.0. The first-order valence-corrected chi connectivity index (χ1v) is 4.72. The zero-order valence-corrected chi connectivity index (χ0v) is 8.84. The number of ether oxygens (including phenoxy) is 1. The van der Waals surface area contributed by atoms with Gasteiger partial charge >= 0.3 is 5.97 Å². The molecular weight excluding hydrogens is 210 g/mol. The van der Waals surface area contributed by atoms with Crippen molar-refractivity contribution >= 4 is 12.4 Å². The van der Waals surface area contributed by atoms with E-state index in [9.17, 15) is 9.59 Å². The van der Waals surface area contributed by atoms with Crippen LogP contribution in [0.4, 0.5) is 0 Å². The lowest BCUT2D eigenvalue weighted by Crippen LogP contribution is -2.38. The number of benzene rings is 1. The summed E-state index contributed by atoms with van der Waals surface area (Å²) in [5.74, 6) is -0.345. The van der Waals surface area contributed by atoms with Gasteiger partial charge in [-0.1, -0.05) is 12.1 Å². The number of phenolic OH excluding ortho intramolecular Hbond substituents is 1. The van der Waals surface area contributed by atoms with Crippen molar-refractivity contribution in [3.05, 3.63) is 29.8 Å². The highest BCUT2D eigenvalue weighted by Gasteiger charge is 2.18. The van der Waals surface area contributed by atoms with Gasteiger partial charge in [0, 0.05) is 6.42 Å². The second-order valence-electron chi connectivity index (χ2n) is 3.23. The highest BCUT2D eigenvalue weighted by Crippen LogP contribution is 2.11. The van der Waals surface area contributed by atoms with E-state index in [0.29, 0.717) is 12.8 Å². The maximum atomic E-state index is 11.3. The summed E-state index contributed by atoms with van der Waals surface area (Å²) < 4.78 is 4.55. The molecule has 0 unspecified atom stereocenters. The van der Waals surface area contributed by atoms with Gasteiger partial charge < -0.3 is 15.2 Å². The molecule has 0 bridgehead atoms. The standard InChI is InChI=1S/C11H13NO4/c1-16-11(15)10(12-7-13)6-8-2-4-9(14)5-3-8/h2-5,7,10,14H,6H2,1H3,(H,12,13)/t10-/m0/s1. The molecule has 2 N–H and O–H groups in total. The van der Waals surface area contributed by atoms with Crippen molar-refractivity contribution in [1.82, 2.24) is 5.32 Å². The number of esters is 1. The van der Waals surface area contributed by atoms with Crippen LogP contribution in [0.5, 0.6) is 5.75 Å². The van der Waals surface area contributed by atoms with Crippen molar-refractivity contribution in [2.45, 2.75) is 12.5 Å². The van der Waals surface area contributed by atoms with Crippen LogP contribution in [-0.2, 0) is 20.7 Å². The average molecular weight is 223 g/mol. The average Bonchev–Trinajstić information content (AvgIpc) is 2.30. The maximum absolute atomic E-state index is 11.3. The van der Waals surface area contributed by atoms with E-state index in [2.05, 4.69) is 10.1 Å². The van der Waals surface area contributed by atoms with Gasteiger partial charge in [-0.25, -0.2) is 4.79 Å². The number of hydrogen-bond acceptors (Lipinski definition) is 4. The van der Waals surface area contributed by atoms with Gasteiger partial charge in [0.2, 0.25) is 6.41 Å². The van der Waals surface area contributed by atoms with Gasteiger partial charge in [0.25, 0.3) is 0 Å². The molecule has 16 heavy (non-hydrogen) atoms. The van der Waals surface area contributed by atoms with Gasteiger partial charge in [0.05, 0.1) is 7.11 Å². The van der Waals surface area contributed by atoms with Crippen LogP contribution in [0, 0.1) is 0 Å². The van der Waals surface area contributed by atoms with E-state index < -0.39 is 12.0 Å². The second-order valence-corrected chi connectivity index (χ2v) is 3.23. The Morgan fingerprint density at radius 2 is 2.12 bits per heavy atom. The molecule has 5 heteroatoms. The Bertz CT molecular complexity index is 361. The molecule has 0 radical (unpaired) electrons. The summed E-state index contributed by atoms with van der Waals surface area (Å²) in [4.78, 5) is 21.6. The summed E-state index contributed by atoms with van der Waals surface area (Å²) in [5, 5.41) is 11.5. The van der Waals surface area contributed by atoms with Crippen molar-refractivity contribution in [3.63, 3.8) is 0 Å². The number of carbonyl (C=O) groups excluding carboxylic acids is 2. The van der Waals surface area contributed by atoms with E-state index in [1.165, 1.54) is 19.2 Å². The number of methoxy groups -OCH3 is 1. The predicted octanol–water partition coefficient (Wildman–Crippen LogP) is 0.222. The zero-order valence-electron chi connectivity index (χ0n) is 8.84. The minimum atomic E-state index is -0.702. The molecule has 0 aliphatic carbocycles. The fourth-order valence-corrected chi connectivity index (χ4v) is 1.30. The smallest absolute Gasteiger partial charge is 0.328 e. The van der Waals surface area contributed by atoms with Crippen LogP contribution in [0.15, 0.2) is 24.3 Å². The van der Waals surface area contributed by atoms with Crippen LogP contribution in [0.1, 0.15) is 5.56 Å². The lowest BCUT2D eigenvalue weighted by atomic mass is 10.1. The Kier molecular flexibility index (Phi) is 4.32. The first-order chi connectivity index (χ1) is 7.67. The third kappa shape index (κ3) is 3.27. The number of nitrogens with one attached hydrogen (secondary N) is 1. The summed E-state index contributed by atoms with van der Waals surface area (Å²) in [6, 6.07) is 5.69. The van der Waals surface area contributed by atoms with Crippen molar-refractivity contribution < 1.29 is 19.4 Å². The van der Waals surface area contributed by atoms with Gasteiger partial charge in [-0.05, 0) is 17.7 Å². The van der Waals surface area contributed by atoms with Gasteiger partial charge in [0.15, 0.2) is 0 Å². The van der Waals surface area contributed by atoms with Gasteiger partial charge in [-0.2, -0.15) is 0 Å². The van der Waals surface area contributed by atoms with E-state index in [4.69, 9.17) is 5.11 Å². The number of aromatic hydroxyl groups is 1. The summed E-state index contributed by atoms with van der Waals surface area (Å²) in [6.45, 7) is 0. The predicted molar refractivity (Wildman–Crippen MR) is 56.8 cm³/mol. The number of carbonyl (C=O) groups is 2. The van der Waals surface area contributed by atoms with Gasteiger partial charge in [-0.15, -0.1) is 0 Å². The van der Waals surface area contributed by atoms with E-state index >= 15 is 0 Å². The molecule has 1 amide bonds. The molecule has 0 heterocycles. The van der Waals surface area contributed by atoms with E-state index in [-0.39, 0.29) is 5.75 Å². The number of amides is 1. The van der Waals surface area contributed by atoms with Crippen LogP contribution < -0.4 is 5.32 Å². The Hall–Kier alpha value is -2.04. The van der Waals surface area contributed by atoms with Crippen molar-refractivity contribution in [3.8, 4) is 5.75 Å². The van der Waals surface area contributed by atoms with E-state index in [0.717, 1.165) is 5.56 Å². The van der Waals surface area contributed by atoms with Crippen LogP contribution in [0.3, 0.4) is 0 Å². The molecule has 1 aromatic carbocycles. The quantitative estimate of drug-likeness (QED) is 0.553. The third-order valence-electron chi connectivity index (χ3n) is 2.13. The molecule has 0 aliphatic heterocycles. The van der Waals surface area contributed by atoms with Crippen LogP contribution in [0.2, 0.25) is 0 Å². The molecule has 5 nitrogen and oxygen atoms in total. The Morgan fingerprint density at radius 3 is 2.62 bits per heavy atom. The maximum Gasteiger partial charge on any atom is 0.328 e. The largest absolute Gasteiger partial charge is 0.508 e. The number of rotatable bonds is 5. The third-order valence-corrected chi connectivity index (χ3v) is 2.13. The topological polar surface area (TPSA) is 75.6 Å². The number of hydrogen-bond donors (Lipinski definition) is 2. The summed E-state index contributed by atoms with van der Waals surface area (Å²) in [7, 11) is 1.26. The minimum Gasteiger partial charge on any atom is -0.508 e. The molecule has 86 valence electrons. The molecule has 1 aromatic rings. The second kappa shape index (κ2) is 5.75. The molecule has 1 rings (SSSR count). The Balaban J connectivity index is 2.71. The van der Waals surface area contributed by atoms with Crippen LogP contribution in [0.25, 0.3) is 0 Å². The van der Waals surface area contributed by atoms with E-state index in [1.807, 2.05) is 0 Å². The van der Waals surface area contributed by atoms with Crippen LogP contribution >= 0.6 is 0 Å². The van der Waals surface area contributed by atoms with E-state index in [1.54, 1.807) is 12.1 Å². The Morgan fingerprint density at radius 1 is 1.50 bits per heavy atom. The summed E-state index contributed by atoms with van der Waals surface area (Å²) in [6.07, 6.45) is 0.785.